The van der Waals surface area contributed by atoms with E-state index in [-0.39, 0.29) is 71.5 Å². The second-order valence-corrected chi connectivity index (χ2v) is 31.7. The van der Waals surface area contributed by atoms with Gasteiger partial charge >= 0.3 is 24.4 Å². The molecule has 4 saturated heterocycles. The van der Waals surface area contributed by atoms with Crippen molar-refractivity contribution in [3.8, 4) is 45.8 Å². The Morgan fingerprint density at radius 2 is 0.922 bits per heavy atom. The number of allylic oxidation sites excluding steroid dienone is 1. The fraction of sp³-hybridized carbons (Fsp3) is 0.506. The Balaban J connectivity index is 0.000000202. The lowest BCUT2D eigenvalue weighted by Crippen LogP contribution is -2.54. The lowest BCUT2D eigenvalue weighted by Gasteiger charge is -2.32. The Hall–Kier alpha value is -11.4. The number of carbonyl (C=O) groups excluding carboxylic acids is 8. The topological polar surface area (TPSA) is 348 Å². The molecule has 6 aromatic rings. The maximum Gasteiger partial charge on any atom is 0.407 e. The minimum atomic E-state index is -0.691. The molecule has 0 bridgehead atoms. The number of ether oxygens (including phenoxy) is 6. The number of carbonyl (C=O) groups is 8. The maximum absolute atomic E-state index is 13.8. The van der Waals surface area contributed by atoms with Crippen LogP contribution in [0, 0.1) is 23.7 Å². The van der Waals surface area contributed by atoms with Crippen molar-refractivity contribution in [2.24, 2.45) is 33.7 Å². The molecule has 14 rings (SSSR count). The molecule has 0 aliphatic carbocycles. The van der Waals surface area contributed by atoms with Gasteiger partial charge in [-0.05, 0) is 145 Å². The quantitative estimate of drug-likeness (QED) is 0.0306. The fourth-order valence-corrected chi connectivity index (χ4v) is 17.0. The molecule has 8 aliphatic rings. The number of imidazole rings is 2. The van der Waals surface area contributed by atoms with Crippen molar-refractivity contribution in [1.29, 1.82) is 0 Å². The summed E-state index contributed by atoms with van der Waals surface area (Å²) in [5, 5.41) is 11.0. The number of aliphatic imine (C=N–C) groups is 2. The third kappa shape index (κ3) is 17.7. The SMILES string of the molecule is CC[C@H](C)[C@H](NC(=O)OC)C(=O)N1CCC[C@H]1C1=CN=C(c2ccc3c(c2)Oc2ccc(-c4ncc([C@@H]5CCCN5C(=O)[C@@H](NC(=O)OC)[C@@H](C)CC)[nH]4)cc2C3)C1.CC[C@H](C)[C@H](NC(=O)OC)C(=O)N1CCC[C@H]1C1=NC=C(c2ccc3c(c2)Oc2ncc(-c4cnc([C@@H]5CCCN5C(=O)[C@@H](NC(=O)OC)[C@@H](C)CC)[nH]4)cc2C3)C1. The monoisotopic (exact) mass is 1590 g/mol. The van der Waals surface area contributed by atoms with Crippen molar-refractivity contribution < 1.29 is 66.8 Å². The molecule has 29 nitrogen and oxygen atoms in total. The third-order valence-electron chi connectivity index (χ3n) is 24.7. The van der Waals surface area contributed by atoms with E-state index in [1.807, 2.05) is 112 Å². The number of amides is 8. The van der Waals surface area contributed by atoms with Crippen molar-refractivity contribution in [2.75, 3.05) is 54.6 Å². The summed E-state index contributed by atoms with van der Waals surface area (Å²) in [4.78, 5) is 142. The molecule has 0 spiro atoms. The highest BCUT2D eigenvalue weighted by atomic mass is 16.6. The molecule has 29 heteroatoms. The number of benzene rings is 3. The number of hydrogen-bond acceptors (Lipinski definition) is 19. The third-order valence-corrected chi connectivity index (χ3v) is 24.7. The van der Waals surface area contributed by atoms with Gasteiger partial charge in [0, 0.05) is 98.4 Å². The van der Waals surface area contributed by atoms with E-state index >= 15 is 0 Å². The zero-order chi connectivity index (χ0) is 82.2. The molecular weight excluding hydrogens is 1480 g/mol. The van der Waals surface area contributed by atoms with Gasteiger partial charge in [0.1, 0.15) is 53.1 Å². The Labute approximate surface area is 677 Å². The van der Waals surface area contributed by atoms with Crippen LogP contribution in [0.2, 0.25) is 0 Å². The lowest BCUT2D eigenvalue weighted by molar-refractivity contribution is -0.136. The van der Waals surface area contributed by atoms with Crippen LogP contribution >= 0.6 is 0 Å². The summed E-state index contributed by atoms with van der Waals surface area (Å²) >= 11 is 0. The zero-order valence-electron chi connectivity index (χ0n) is 68.5. The molecule has 12 atom stereocenters. The molecule has 8 aliphatic heterocycles. The summed E-state index contributed by atoms with van der Waals surface area (Å²) in [7, 11) is 5.21. The number of fused-ring (bicyclic) bond motifs is 4. The van der Waals surface area contributed by atoms with Gasteiger partial charge in [0.25, 0.3) is 0 Å². The number of alkyl carbamates (subject to hydrolysis) is 4. The zero-order valence-corrected chi connectivity index (χ0v) is 68.5. The molecule has 8 amide bonds. The smallest absolute Gasteiger partial charge is 0.407 e. The highest BCUT2D eigenvalue weighted by Gasteiger charge is 2.44. The standard InChI is InChI=1S/C44H55N7O7.C43H54N8O7/c1-7-25(3)38(48-43(54)56-5)41(52)50-17-9-11-34(50)31-21-32(45-23-31)27-13-14-28-19-30-20-29(15-16-36(30)58-37(28)22-27)40-46-24-33(47-40)35-12-10-18-51(35)42(53)39(26(4)8-2)49-44(55)57-6;1-7-24(3)36(48-42(54)56-5)40(52)50-15-9-11-33(50)31-19-29(21-44-31)26-13-14-27-17-28-18-30(22-46-39(28)58-35(27)20-26)32-23-45-38(47-32)34-12-10-16-51(34)41(53)37(25(4)8-2)49-43(55)57-6/h13-16,20,22-26,34-35,38-39H,7-12,17-19,21H2,1-6H3,(H,46,47)(H,48,54)(H,49,55);13-14,18,20-25,33-34,36-37H,7-12,15-17,19H2,1-6H3,(H,45,47)(H,48,54)(H,49,55)/t25-,26-,34-,35-,38-,39-;24-,25-,33-,34-,36-,37-/m00/s1. The van der Waals surface area contributed by atoms with Crippen LogP contribution in [0.4, 0.5) is 19.2 Å². The molecule has 11 heterocycles. The second-order valence-electron chi connectivity index (χ2n) is 31.7. The van der Waals surface area contributed by atoms with Gasteiger partial charge in [-0.2, -0.15) is 0 Å². The second kappa shape index (κ2) is 36.6. The number of aromatic nitrogens is 5. The van der Waals surface area contributed by atoms with E-state index < -0.39 is 48.5 Å². The first-order valence-corrected chi connectivity index (χ1v) is 41.0. The maximum atomic E-state index is 13.8. The van der Waals surface area contributed by atoms with Crippen LogP contribution in [0.1, 0.15) is 202 Å². The minimum absolute atomic E-state index is 0.0401. The van der Waals surface area contributed by atoms with E-state index in [1.54, 1.807) is 12.4 Å². The summed E-state index contributed by atoms with van der Waals surface area (Å²) in [5.74, 6) is 3.63. The Bertz CT molecular complexity index is 4520. The molecule has 4 fully saturated rings. The van der Waals surface area contributed by atoms with Gasteiger partial charge in [0.15, 0.2) is 0 Å². The number of nitrogens with zero attached hydrogens (tertiary/aromatic N) is 9. The lowest BCUT2D eigenvalue weighted by atomic mass is 9.93. The molecule has 0 saturated carbocycles. The van der Waals surface area contributed by atoms with Gasteiger partial charge in [0.05, 0.1) is 82.1 Å². The van der Waals surface area contributed by atoms with Crippen LogP contribution in [0.15, 0.2) is 107 Å². The first kappa shape index (κ1) is 82.6. The van der Waals surface area contributed by atoms with Gasteiger partial charge < -0.3 is 79.3 Å². The largest absolute Gasteiger partial charge is 0.457 e. The Morgan fingerprint density at radius 3 is 1.48 bits per heavy atom. The summed E-state index contributed by atoms with van der Waals surface area (Å²) in [5.41, 5.74) is 13.5. The molecule has 3 aromatic carbocycles. The fourth-order valence-electron chi connectivity index (χ4n) is 17.0. The van der Waals surface area contributed by atoms with Crippen LogP contribution in [0.5, 0.6) is 23.1 Å². The van der Waals surface area contributed by atoms with Crippen LogP contribution in [0.25, 0.3) is 28.2 Å². The predicted octanol–water partition coefficient (Wildman–Crippen LogP) is 13.6. The predicted molar refractivity (Wildman–Crippen MR) is 436 cm³/mol. The van der Waals surface area contributed by atoms with Crippen LogP contribution in [0.3, 0.4) is 0 Å². The summed E-state index contributed by atoms with van der Waals surface area (Å²) < 4.78 is 32.1. The summed E-state index contributed by atoms with van der Waals surface area (Å²) in [6.45, 7) is 18.3. The van der Waals surface area contributed by atoms with E-state index in [1.165, 1.54) is 28.4 Å². The first-order chi connectivity index (χ1) is 56.0. The summed E-state index contributed by atoms with van der Waals surface area (Å²) in [6.07, 6.45) is 18.9. The molecule has 116 heavy (non-hydrogen) atoms. The van der Waals surface area contributed by atoms with Crippen LogP contribution < -0.4 is 30.7 Å². The van der Waals surface area contributed by atoms with E-state index in [0.717, 1.165) is 173 Å². The van der Waals surface area contributed by atoms with E-state index in [9.17, 15) is 38.4 Å². The van der Waals surface area contributed by atoms with Crippen molar-refractivity contribution in [3.05, 3.63) is 142 Å². The van der Waals surface area contributed by atoms with Crippen molar-refractivity contribution in [1.82, 2.24) is 65.8 Å². The van der Waals surface area contributed by atoms with E-state index in [4.69, 9.17) is 53.4 Å². The number of aromatic amines is 2. The van der Waals surface area contributed by atoms with Gasteiger partial charge in [-0.3, -0.25) is 29.2 Å². The summed E-state index contributed by atoms with van der Waals surface area (Å²) in [6, 6.07) is 17.3. The molecule has 6 N–H and O–H groups in total. The van der Waals surface area contributed by atoms with Crippen LogP contribution in [-0.2, 0) is 51.0 Å². The van der Waals surface area contributed by atoms with Crippen LogP contribution in [-0.4, -0.2) is 195 Å². The minimum Gasteiger partial charge on any atom is -0.457 e. The number of likely N-dealkylation sites (tertiary alicyclic amines) is 4. The van der Waals surface area contributed by atoms with Gasteiger partial charge in [0.2, 0.25) is 29.5 Å². The number of rotatable bonds is 24. The Kier molecular flexibility index (Phi) is 26.1. The van der Waals surface area contributed by atoms with Crippen molar-refractivity contribution in [2.45, 2.75) is 206 Å². The normalized spacial score (nSPS) is 20.4. The van der Waals surface area contributed by atoms with E-state index in [2.05, 4.69) is 73.7 Å². The van der Waals surface area contributed by atoms with Gasteiger partial charge in [-0.1, -0.05) is 105 Å². The average molecular weight is 1590 g/mol. The molecule has 0 radical (unpaired) electrons. The molecule has 616 valence electrons. The first-order valence-electron chi connectivity index (χ1n) is 41.0. The molecular formula is C87H109N15O14. The Morgan fingerprint density at radius 1 is 0.448 bits per heavy atom. The number of methoxy groups -OCH3 is 4. The average Bonchev–Trinajstić information content (AvgIpc) is 1.23. The number of H-pyrrole nitrogens is 2. The number of nitrogens with one attached hydrogen (secondary N) is 6. The van der Waals surface area contributed by atoms with E-state index in [0.29, 0.717) is 69.4 Å². The van der Waals surface area contributed by atoms with Gasteiger partial charge in [-0.15, -0.1) is 0 Å². The highest BCUT2D eigenvalue weighted by molar-refractivity contribution is 6.05. The molecule has 3 aromatic heterocycles. The van der Waals surface area contributed by atoms with Crippen molar-refractivity contribution in [3.63, 3.8) is 0 Å². The molecule has 0 unspecified atom stereocenters. The number of hydrogen-bond donors (Lipinski definition) is 6. The van der Waals surface area contributed by atoms with Crippen molar-refractivity contribution >= 4 is 65.0 Å². The highest BCUT2D eigenvalue weighted by Crippen LogP contribution is 2.44. The van der Waals surface area contributed by atoms with Gasteiger partial charge in [-0.25, -0.2) is 34.1 Å². The number of pyridine rings is 1.